The summed E-state index contributed by atoms with van der Waals surface area (Å²) < 4.78 is 0.287. The van der Waals surface area contributed by atoms with Crippen LogP contribution in [0.4, 0.5) is 0 Å². The van der Waals surface area contributed by atoms with Crippen LogP contribution in [-0.2, 0) is 0 Å². The zero-order valence-electron chi connectivity index (χ0n) is 9.71. The molecular formula is C12H21NS. The molecule has 0 amide bonds. The third-order valence-electron chi connectivity index (χ3n) is 2.75. The molecule has 1 aliphatic heterocycles. The Hall–Kier alpha value is -0.240. The number of hydrogen-bond acceptors (Lipinski definition) is 2. The van der Waals surface area contributed by atoms with Gasteiger partial charge in [0, 0.05) is 16.9 Å². The second-order valence-corrected chi connectivity index (χ2v) is 5.81. The predicted octanol–water partition coefficient (Wildman–Crippen LogP) is 4.25. The Labute approximate surface area is 92.1 Å². The van der Waals surface area contributed by atoms with Gasteiger partial charge in [-0.05, 0) is 25.8 Å². The second-order valence-electron chi connectivity index (χ2n) is 4.26. The van der Waals surface area contributed by atoms with E-state index in [1.165, 1.54) is 24.3 Å². The minimum Gasteiger partial charge on any atom is -0.254 e. The first kappa shape index (κ1) is 11.8. The number of hydrogen-bond donors (Lipinski definition) is 0. The van der Waals surface area contributed by atoms with Gasteiger partial charge < -0.3 is 0 Å². The van der Waals surface area contributed by atoms with Crippen LogP contribution in [0.25, 0.3) is 0 Å². The molecule has 0 aliphatic carbocycles. The molecule has 0 aromatic carbocycles. The summed E-state index contributed by atoms with van der Waals surface area (Å²) in [7, 11) is 0. The van der Waals surface area contributed by atoms with E-state index >= 15 is 0 Å². The van der Waals surface area contributed by atoms with Gasteiger partial charge in [-0.25, -0.2) is 0 Å². The minimum atomic E-state index is 0.287. The van der Waals surface area contributed by atoms with Crippen molar-refractivity contribution in [2.75, 3.05) is 0 Å². The van der Waals surface area contributed by atoms with E-state index < -0.39 is 0 Å². The molecule has 1 nitrogen and oxygen atoms in total. The quantitative estimate of drug-likeness (QED) is 0.677. The van der Waals surface area contributed by atoms with Crippen molar-refractivity contribution in [1.29, 1.82) is 0 Å². The van der Waals surface area contributed by atoms with Crippen LogP contribution in [0.2, 0.25) is 0 Å². The average molecular weight is 211 g/mol. The van der Waals surface area contributed by atoms with Gasteiger partial charge in [0.05, 0.1) is 5.04 Å². The summed E-state index contributed by atoms with van der Waals surface area (Å²) in [4.78, 5) is 4.48. The largest absolute Gasteiger partial charge is 0.254 e. The molecular weight excluding hydrogens is 190 g/mol. The van der Waals surface area contributed by atoms with Gasteiger partial charge in [-0.15, -0.1) is 0 Å². The monoisotopic (exact) mass is 211 g/mol. The van der Waals surface area contributed by atoms with Crippen molar-refractivity contribution in [3.63, 3.8) is 0 Å². The molecule has 2 heteroatoms. The van der Waals surface area contributed by atoms with Crippen LogP contribution < -0.4 is 0 Å². The highest BCUT2D eigenvalue weighted by molar-refractivity contribution is 8.15. The molecule has 1 heterocycles. The van der Waals surface area contributed by atoms with Crippen LogP contribution in [0.5, 0.6) is 0 Å². The Bertz CT molecular complexity index is 245. The Morgan fingerprint density at radius 2 is 2.21 bits per heavy atom. The highest BCUT2D eigenvalue weighted by Crippen LogP contribution is 2.37. The lowest BCUT2D eigenvalue weighted by Gasteiger charge is -2.29. The fourth-order valence-corrected chi connectivity index (χ4v) is 3.00. The SMILES string of the molecule is CCCC1(C)C=CN=C(C(C)CC)S1. The van der Waals surface area contributed by atoms with E-state index in [4.69, 9.17) is 0 Å². The number of aliphatic imine (C=N–C) groups is 1. The molecule has 0 saturated carbocycles. The van der Waals surface area contributed by atoms with Crippen LogP contribution in [0, 0.1) is 5.92 Å². The Balaban J connectivity index is 2.67. The molecule has 2 unspecified atom stereocenters. The highest BCUT2D eigenvalue weighted by Gasteiger charge is 2.27. The molecule has 1 rings (SSSR count). The van der Waals surface area contributed by atoms with Crippen LogP contribution >= 0.6 is 11.8 Å². The molecule has 0 aromatic rings. The van der Waals surface area contributed by atoms with E-state index in [9.17, 15) is 0 Å². The highest BCUT2D eigenvalue weighted by atomic mass is 32.2. The van der Waals surface area contributed by atoms with Crippen molar-refractivity contribution >= 4 is 16.8 Å². The predicted molar refractivity (Wildman–Crippen MR) is 66.9 cm³/mol. The summed E-state index contributed by atoms with van der Waals surface area (Å²) in [6.07, 6.45) is 7.90. The lowest BCUT2D eigenvalue weighted by molar-refractivity contribution is 0.677. The maximum absolute atomic E-state index is 4.48. The Morgan fingerprint density at radius 1 is 1.50 bits per heavy atom. The van der Waals surface area contributed by atoms with E-state index in [-0.39, 0.29) is 4.75 Å². The van der Waals surface area contributed by atoms with Gasteiger partial charge in [0.1, 0.15) is 0 Å². The van der Waals surface area contributed by atoms with E-state index in [1.54, 1.807) is 0 Å². The molecule has 0 bridgehead atoms. The summed E-state index contributed by atoms with van der Waals surface area (Å²) in [5.74, 6) is 0.612. The van der Waals surface area contributed by atoms with Gasteiger partial charge in [-0.3, -0.25) is 4.99 Å². The molecule has 0 radical (unpaired) electrons. The van der Waals surface area contributed by atoms with Gasteiger partial charge in [-0.1, -0.05) is 39.0 Å². The summed E-state index contributed by atoms with van der Waals surface area (Å²) in [6.45, 7) is 9.05. The number of rotatable bonds is 4. The Morgan fingerprint density at radius 3 is 2.79 bits per heavy atom. The lowest BCUT2D eigenvalue weighted by atomic mass is 10.1. The lowest BCUT2D eigenvalue weighted by Crippen LogP contribution is -2.24. The average Bonchev–Trinajstić information content (AvgIpc) is 2.16. The molecule has 0 fully saturated rings. The first-order valence-electron chi connectivity index (χ1n) is 5.55. The fraction of sp³-hybridized carbons (Fsp3) is 0.750. The second kappa shape index (κ2) is 5.01. The minimum absolute atomic E-state index is 0.287. The third-order valence-corrected chi connectivity index (χ3v) is 4.27. The normalized spacial score (nSPS) is 28.7. The van der Waals surface area contributed by atoms with Crippen LogP contribution in [-0.4, -0.2) is 9.79 Å². The van der Waals surface area contributed by atoms with Gasteiger partial charge in [0.15, 0.2) is 0 Å². The van der Waals surface area contributed by atoms with Crippen molar-refractivity contribution in [2.24, 2.45) is 10.9 Å². The van der Waals surface area contributed by atoms with Crippen molar-refractivity contribution in [2.45, 2.75) is 51.7 Å². The maximum Gasteiger partial charge on any atom is 0.0767 e. The summed E-state index contributed by atoms with van der Waals surface area (Å²) in [5.41, 5.74) is 0. The van der Waals surface area contributed by atoms with Gasteiger partial charge in [-0.2, -0.15) is 0 Å². The first-order chi connectivity index (χ1) is 6.61. The topological polar surface area (TPSA) is 12.4 Å². The zero-order chi connectivity index (χ0) is 10.6. The van der Waals surface area contributed by atoms with E-state index in [1.807, 2.05) is 18.0 Å². The van der Waals surface area contributed by atoms with Crippen LogP contribution in [0.1, 0.15) is 47.0 Å². The van der Waals surface area contributed by atoms with Crippen molar-refractivity contribution in [3.8, 4) is 0 Å². The molecule has 80 valence electrons. The molecule has 14 heavy (non-hydrogen) atoms. The van der Waals surface area contributed by atoms with Gasteiger partial charge in [0.2, 0.25) is 0 Å². The van der Waals surface area contributed by atoms with E-state index in [0.29, 0.717) is 5.92 Å². The Kier molecular flexibility index (Phi) is 4.24. The summed E-state index contributed by atoms with van der Waals surface area (Å²) >= 11 is 1.95. The summed E-state index contributed by atoms with van der Waals surface area (Å²) in [6, 6.07) is 0. The first-order valence-corrected chi connectivity index (χ1v) is 6.37. The van der Waals surface area contributed by atoms with Crippen LogP contribution in [0.3, 0.4) is 0 Å². The molecule has 2 atom stereocenters. The zero-order valence-corrected chi connectivity index (χ0v) is 10.5. The smallest absolute Gasteiger partial charge is 0.0767 e. The van der Waals surface area contributed by atoms with E-state index in [0.717, 1.165) is 0 Å². The number of nitrogens with zero attached hydrogens (tertiary/aromatic N) is 1. The van der Waals surface area contributed by atoms with Crippen molar-refractivity contribution in [3.05, 3.63) is 12.3 Å². The summed E-state index contributed by atoms with van der Waals surface area (Å²) in [5, 5.41) is 1.31. The molecule has 0 N–H and O–H groups in total. The number of thioether (sulfide) groups is 1. The molecule has 0 saturated heterocycles. The fourth-order valence-electron chi connectivity index (χ4n) is 1.60. The van der Waals surface area contributed by atoms with E-state index in [2.05, 4.69) is 38.8 Å². The molecule has 1 aliphatic rings. The molecule has 0 aromatic heterocycles. The third kappa shape index (κ3) is 2.88. The molecule has 0 spiro atoms. The standard InChI is InChI=1S/C12H21NS/c1-5-7-12(4)8-9-13-11(14-12)10(3)6-2/h8-10H,5-7H2,1-4H3. The van der Waals surface area contributed by atoms with Crippen molar-refractivity contribution in [1.82, 2.24) is 0 Å². The van der Waals surface area contributed by atoms with Crippen LogP contribution in [0.15, 0.2) is 17.3 Å². The van der Waals surface area contributed by atoms with Gasteiger partial charge in [0.25, 0.3) is 0 Å². The van der Waals surface area contributed by atoms with Crippen molar-refractivity contribution < 1.29 is 0 Å². The maximum atomic E-state index is 4.48. The van der Waals surface area contributed by atoms with Gasteiger partial charge >= 0.3 is 0 Å².